The van der Waals surface area contributed by atoms with E-state index in [9.17, 15) is 4.79 Å². The first-order valence-electron chi connectivity index (χ1n) is 9.31. The predicted octanol–water partition coefficient (Wildman–Crippen LogP) is 4.67. The van der Waals surface area contributed by atoms with Crippen LogP contribution in [0.5, 0.6) is 11.5 Å². The smallest absolute Gasteiger partial charge is 0.226 e. The number of nitrogens with zero attached hydrogens (tertiary/aromatic N) is 1. The van der Waals surface area contributed by atoms with Crippen molar-refractivity contribution >= 4 is 29.0 Å². The maximum atomic E-state index is 12.2. The van der Waals surface area contributed by atoms with Gasteiger partial charge in [-0.3, -0.25) is 4.79 Å². The van der Waals surface area contributed by atoms with E-state index in [0.717, 1.165) is 28.4 Å². The number of thiazole rings is 1. The van der Waals surface area contributed by atoms with Crippen LogP contribution in [0.15, 0.2) is 58.8 Å². The summed E-state index contributed by atoms with van der Waals surface area (Å²) in [6, 6.07) is 16.0. The number of methoxy groups -OCH3 is 2. The van der Waals surface area contributed by atoms with E-state index in [0.29, 0.717) is 18.0 Å². The standard InChI is InChI=1S/C22H24N2O3S2/c1-26-19-10-9-16(13-20(19)27-2)22-24-17(15-29-22)14-21(25)23-11-6-12-28-18-7-4-3-5-8-18/h3-5,7-10,13,15H,6,11-12,14H2,1-2H3,(H,23,25). The number of nitrogens with one attached hydrogen (secondary N) is 1. The van der Waals surface area contributed by atoms with Crippen LogP contribution in [0.3, 0.4) is 0 Å². The Balaban J connectivity index is 1.45. The second-order valence-electron chi connectivity index (χ2n) is 6.26. The fraction of sp³-hybridized carbons (Fsp3) is 0.273. The average Bonchev–Trinajstić information content (AvgIpc) is 3.22. The van der Waals surface area contributed by atoms with E-state index in [2.05, 4.69) is 22.4 Å². The second kappa shape index (κ2) is 10.9. The van der Waals surface area contributed by atoms with Crippen LogP contribution in [-0.4, -0.2) is 37.4 Å². The summed E-state index contributed by atoms with van der Waals surface area (Å²) in [5.41, 5.74) is 1.72. The molecule has 0 radical (unpaired) electrons. The van der Waals surface area contributed by atoms with E-state index < -0.39 is 0 Å². The summed E-state index contributed by atoms with van der Waals surface area (Å²) in [6.07, 6.45) is 1.22. The van der Waals surface area contributed by atoms with E-state index in [1.54, 1.807) is 26.0 Å². The van der Waals surface area contributed by atoms with E-state index in [1.165, 1.54) is 16.2 Å². The van der Waals surface area contributed by atoms with E-state index in [-0.39, 0.29) is 12.3 Å². The Kier molecular flexibility index (Phi) is 7.95. The maximum Gasteiger partial charge on any atom is 0.226 e. The molecule has 3 aromatic rings. The molecule has 0 unspecified atom stereocenters. The van der Waals surface area contributed by atoms with Gasteiger partial charge in [0.2, 0.25) is 5.91 Å². The van der Waals surface area contributed by atoms with Crippen molar-refractivity contribution in [1.82, 2.24) is 10.3 Å². The summed E-state index contributed by atoms with van der Waals surface area (Å²) < 4.78 is 10.6. The number of ether oxygens (including phenoxy) is 2. The van der Waals surface area contributed by atoms with Gasteiger partial charge >= 0.3 is 0 Å². The molecule has 0 aliphatic carbocycles. The molecule has 1 heterocycles. The molecule has 3 rings (SSSR count). The third-order valence-electron chi connectivity index (χ3n) is 4.18. The highest BCUT2D eigenvalue weighted by molar-refractivity contribution is 7.99. The Hall–Kier alpha value is -2.51. The number of aromatic nitrogens is 1. The maximum absolute atomic E-state index is 12.2. The van der Waals surface area contributed by atoms with Crippen molar-refractivity contribution in [2.45, 2.75) is 17.7 Å². The lowest BCUT2D eigenvalue weighted by Crippen LogP contribution is -2.26. The van der Waals surface area contributed by atoms with Crippen molar-refractivity contribution in [2.75, 3.05) is 26.5 Å². The fourth-order valence-corrected chi connectivity index (χ4v) is 4.41. The van der Waals surface area contributed by atoms with E-state index in [1.807, 2.05) is 41.8 Å². The zero-order valence-corrected chi connectivity index (χ0v) is 18.1. The van der Waals surface area contributed by atoms with Crippen LogP contribution >= 0.6 is 23.1 Å². The van der Waals surface area contributed by atoms with Crippen LogP contribution in [0, 0.1) is 0 Å². The van der Waals surface area contributed by atoms with Crippen molar-refractivity contribution in [1.29, 1.82) is 0 Å². The lowest BCUT2D eigenvalue weighted by atomic mass is 10.2. The number of benzene rings is 2. The van der Waals surface area contributed by atoms with Crippen molar-refractivity contribution in [3.05, 3.63) is 59.6 Å². The third kappa shape index (κ3) is 6.24. The highest BCUT2D eigenvalue weighted by atomic mass is 32.2. The average molecular weight is 429 g/mol. The van der Waals surface area contributed by atoms with Gasteiger partial charge in [0.1, 0.15) is 5.01 Å². The molecule has 0 fully saturated rings. The van der Waals surface area contributed by atoms with Crippen molar-refractivity contribution in [3.63, 3.8) is 0 Å². The molecule has 1 aromatic heterocycles. The summed E-state index contributed by atoms with van der Waals surface area (Å²) in [7, 11) is 3.22. The monoisotopic (exact) mass is 428 g/mol. The van der Waals surface area contributed by atoms with Gasteiger partial charge in [-0.2, -0.15) is 0 Å². The zero-order valence-electron chi connectivity index (χ0n) is 16.5. The van der Waals surface area contributed by atoms with Crippen LogP contribution in [0.25, 0.3) is 10.6 Å². The molecule has 152 valence electrons. The van der Waals surface area contributed by atoms with Crippen LogP contribution in [-0.2, 0) is 11.2 Å². The number of carbonyl (C=O) groups is 1. The van der Waals surface area contributed by atoms with Gasteiger partial charge in [0.25, 0.3) is 0 Å². The zero-order chi connectivity index (χ0) is 20.5. The first kappa shape index (κ1) is 21.2. The molecule has 5 nitrogen and oxygen atoms in total. The molecule has 2 aromatic carbocycles. The summed E-state index contributed by atoms with van der Waals surface area (Å²) in [5, 5.41) is 5.76. The fourth-order valence-electron chi connectivity index (χ4n) is 2.72. The van der Waals surface area contributed by atoms with Gasteiger partial charge in [-0.1, -0.05) is 18.2 Å². The van der Waals surface area contributed by atoms with Crippen molar-refractivity contribution in [2.24, 2.45) is 0 Å². The summed E-state index contributed by atoms with van der Waals surface area (Å²) in [4.78, 5) is 18.0. The second-order valence-corrected chi connectivity index (χ2v) is 8.28. The Morgan fingerprint density at radius 1 is 1.10 bits per heavy atom. The van der Waals surface area contributed by atoms with Crippen molar-refractivity contribution in [3.8, 4) is 22.1 Å². The first-order chi connectivity index (χ1) is 14.2. The number of thioether (sulfide) groups is 1. The van der Waals surface area contributed by atoms with Gasteiger partial charge in [0.05, 0.1) is 26.3 Å². The highest BCUT2D eigenvalue weighted by Crippen LogP contribution is 2.33. The molecule has 0 aliphatic heterocycles. The van der Waals surface area contributed by atoms with E-state index >= 15 is 0 Å². The van der Waals surface area contributed by atoms with Crippen LogP contribution in [0.1, 0.15) is 12.1 Å². The van der Waals surface area contributed by atoms with Crippen LogP contribution < -0.4 is 14.8 Å². The van der Waals surface area contributed by atoms with Gasteiger partial charge < -0.3 is 14.8 Å². The summed E-state index contributed by atoms with van der Waals surface area (Å²) in [6.45, 7) is 0.672. The van der Waals surface area contributed by atoms with Crippen LogP contribution in [0.2, 0.25) is 0 Å². The Labute approximate surface area is 179 Å². The Bertz CT molecular complexity index is 929. The quantitative estimate of drug-likeness (QED) is 0.376. The highest BCUT2D eigenvalue weighted by Gasteiger charge is 2.11. The van der Waals surface area contributed by atoms with Gasteiger partial charge in [0, 0.05) is 22.4 Å². The molecule has 0 aliphatic rings. The lowest BCUT2D eigenvalue weighted by molar-refractivity contribution is -0.120. The molecule has 0 bridgehead atoms. The third-order valence-corrected chi connectivity index (χ3v) is 6.22. The predicted molar refractivity (Wildman–Crippen MR) is 119 cm³/mol. The van der Waals surface area contributed by atoms with Crippen LogP contribution in [0.4, 0.5) is 0 Å². The molecule has 0 saturated carbocycles. The molecule has 0 spiro atoms. The molecular formula is C22H24N2O3S2. The number of hydrogen-bond donors (Lipinski definition) is 1. The molecule has 0 saturated heterocycles. The summed E-state index contributed by atoms with van der Waals surface area (Å²) >= 11 is 3.32. The van der Waals surface area contributed by atoms with Gasteiger partial charge in [-0.05, 0) is 42.5 Å². The van der Waals surface area contributed by atoms with Gasteiger partial charge in [0.15, 0.2) is 11.5 Å². The Morgan fingerprint density at radius 2 is 1.90 bits per heavy atom. The molecule has 1 amide bonds. The molecule has 29 heavy (non-hydrogen) atoms. The van der Waals surface area contributed by atoms with Gasteiger partial charge in [-0.15, -0.1) is 23.1 Å². The lowest BCUT2D eigenvalue weighted by Gasteiger charge is -2.08. The molecular weight excluding hydrogens is 404 g/mol. The van der Waals surface area contributed by atoms with Gasteiger partial charge in [-0.25, -0.2) is 4.98 Å². The SMILES string of the molecule is COc1ccc(-c2nc(CC(=O)NCCCSc3ccccc3)cs2)cc1OC. The normalized spacial score (nSPS) is 10.6. The molecule has 7 heteroatoms. The summed E-state index contributed by atoms with van der Waals surface area (Å²) in [5.74, 6) is 2.31. The number of hydrogen-bond acceptors (Lipinski definition) is 6. The Morgan fingerprint density at radius 3 is 2.66 bits per heavy atom. The number of carbonyl (C=O) groups excluding carboxylic acids is 1. The number of rotatable bonds is 10. The minimum absolute atomic E-state index is 0.00104. The minimum Gasteiger partial charge on any atom is -0.493 e. The van der Waals surface area contributed by atoms with Crippen molar-refractivity contribution < 1.29 is 14.3 Å². The first-order valence-corrected chi connectivity index (χ1v) is 11.2. The largest absolute Gasteiger partial charge is 0.493 e. The molecule has 1 N–H and O–H groups in total. The molecule has 0 atom stereocenters. The topological polar surface area (TPSA) is 60.5 Å². The van der Waals surface area contributed by atoms with E-state index in [4.69, 9.17) is 9.47 Å². The number of amides is 1. The minimum atomic E-state index is -0.00104.